The van der Waals surface area contributed by atoms with Gasteiger partial charge >= 0.3 is 6.18 Å². The van der Waals surface area contributed by atoms with Crippen molar-refractivity contribution in [3.05, 3.63) is 41.5 Å². The summed E-state index contributed by atoms with van der Waals surface area (Å²) in [5, 5.41) is 13.8. The van der Waals surface area contributed by atoms with Crippen molar-refractivity contribution in [2.45, 2.75) is 26.2 Å². The molecule has 0 radical (unpaired) electrons. The number of benzene rings is 1. The van der Waals surface area contributed by atoms with Crippen LogP contribution in [0.25, 0.3) is 0 Å². The van der Waals surface area contributed by atoms with Gasteiger partial charge in [-0.3, -0.25) is 4.99 Å². The van der Waals surface area contributed by atoms with E-state index >= 15 is 0 Å². The molecule has 0 saturated heterocycles. The highest BCUT2D eigenvalue weighted by atomic mass is 19.4. The number of ether oxygens (including phenoxy) is 1. The van der Waals surface area contributed by atoms with Crippen molar-refractivity contribution in [2.24, 2.45) is 12.0 Å². The molecule has 0 spiro atoms. The smallest absolute Gasteiger partial charge is 0.422 e. The number of aliphatic imine (C=N–C) groups is 1. The molecule has 0 bridgehead atoms. The number of guanidine groups is 1. The monoisotopic (exact) mass is 370 g/mol. The van der Waals surface area contributed by atoms with E-state index in [0.29, 0.717) is 18.1 Å². The highest BCUT2D eigenvalue weighted by Crippen LogP contribution is 2.23. The van der Waals surface area contributed by atoms with Crippen LogP contribution in [0.4, 0.5) is 13.2 Å². The molecule has 26 heavy (non-hydrogen) atoms. The van der Waals surface area contributed by atoms with Gasteiger partial charge < -0.3 is 19.9 Å². The van der Waals surface area contributed by atoms with E-state index in [2.05, 4.69) is 25.8 Å². The molecule has 1 aromatic heterocycles. The summed E-state index contributed by atoms with van der Waals surface area (Å²) in [6.45, 7) is 1.12. The van der Waals surface area contributed by atoms with E-state index in [-0.39, 0.29) is 12.3 Å². The van der Waals surface area contributed by atoms with E-state index in [9.17, 15) is 13.2 Å². The third kappa shape index (κ3) is 5.94. The number of rotatable bonds is 6. The molecule has 0 aliphatic rings. The fraction of sp³-hybridized carbons (Fsp3) is 0.438. The summed E-state index contributed by atoms with van der Waals surface area (Å²) in [4.78, 5) is 4.08. The summed E-state index contributed by atoms with van der Waals surface area (Å²) in [7, 11) is 3.42. The van der Waals surface area contributed by atoms with Crippen LogP contribution < -0.4 is 15.4 Å². The Bertz CT molecular complexity index is 757. The Balaban J connectivity index is 1.97. The molecule has 2 aromatic rings. The molecular weight excluding hydrogens is 349 g/mol. The molecular formula is C16H21F3N6O. The van der Waals surface area contributed by atoms with Gasteiger partial charge in [0.05, 0.1) is 6.54 Å². The lowest BCUT2D eigenvalue weighted by atomic mass is 10.1. The second kappa shape index (κ2) is 8.54. The SMILES string of the molecule is CN=C(NCc1ccc(C)cc1OCC(F)(F)F)NCc1nncn1C. The number of nitrogens with zero attached hydrogens (tertiary/aromatic N) is 4. The largest absolute Gasteiger partial charge is 0.484 e. The molecule has 0 unspecified atom stereocenters. The molecule has 7 nitrogen and oxygen atoms in total. The zero-order chi connectivity index (χ0) is 19.2. The molecule has 0 amide bonds. The maximum absolute atomic E-state index is 12.4. The van der Waals surface area contributed by atoms with E-state index in [1.165, 1.54) is 0 Å². The molecule has 1 heterocycles. The molecule has 0 atom stereocenters. The standard InChI is InChI=1S/C16H21F3N6O/c1-11-4-5-12(13(6-11)26-9-16(17,18)19)7-21-15(20-2)22-8-14-24-23-10-25(14)3/h4-6,10H,7-9H2,1-3H3,(H2,20,21,22). The molecule has 2 N–H and O–H groups in total. The first-order valence-electron chi connectivity index (χ1n) is 7.85. The van der Waals surface area contributed by atoms with Gasteiger partial charge in [-0.25, -0.2) is 0 Å². The predicted octanol–water partition coefficient (Wildman–Crippen LogP) is 1.93. The first kappa shape index (κ1) is 19.5. The molecule has 0 aliphatic carbocycles. The van der Waals surface area contributed by atoms with Crippen LogP contribution in [0.5, 0.6) is 5.75 Å². The van der Waals surface area contributed by atoms with Crippen LogP contribution in [0.1, 0.15) is 17.0 Å². The van der Waals surface area contributed by atoms with Gasteiger partial charge in [-0.1, -0.05) is 12.1 Å². The maximum Gasteiger partial charge on any atom is 0.422 e. The number of aryl methyl sites for hydroxylation is 2. The van der Waals surface area contributed by atoms with Crippen molar-refractivity contribution < 1.29 is 17.9 Å². The minimum absolute atomic E-state index is 0.193. The molecule has 0 aliphatic heterocycles. The van der Waals surface area contributed by atoms with E-state index in [1.807, 2.05) is 13.1 Å². The minimum atomic E-state index is -4.39. The van der Waals surface area contributed by atoms with Gasteiger partial charge in [-0.2, -0.15) is 13.2 Å². The van der Waals surface area contributed by atoms with Crippen molar-refractivity contribution in [2.75, 3.05) is 13.7 Å². The fourth-order valence-corrected chi connectivity index (χ4v) is 2.13. The summed E-state index contributed by atoms with van der Waals surface area (Å²) < 4.78 is 44.0. The second-order valence-electron chi connectivity index (χ2n) is 5.65. The Hall–Kier alpha value is -2.78. The fourth-order valence-electron chi connectivity index (χ4n) is 2.13. The Labute approximate surface area is 149 Å². The van der Waals surface area contributed by atoms with Crippen molar-refractivity contribution in [3.63, 3.8) is 0 Å². The molecule has 142 valence electrons. The van der Waals surface area contributed by atoms with Crippen molar-refractivity contribution in [3.8, 4) is 5.75 Å². The lowest BCUT2D eigenvalue weighted by molar-refractivity contribution is -0.153. The van der Waals surface area contributed by atoms with E-state index in [4.69, 9.17) is 4.74 Å². The number of halogens is 3. The van der Waals surface area contributed by atoms with E-state index in [1.54, 1.807) is 37.0 Å². The van der Waals surface area contributed by atoms with Crippen molar-refractivity contribution >= 4 is 5.96 Å². The van der Waals surface area contributed by atoms with Crippen LogP contribution >= 0.6 is 0 Å². The summed E-state index contributed by atoms with van der Waals surface area (Å²) in [5.74, 6) is 1.39. The molecule has 2 rings (SSSR count). The Morgan fingerprint density at radius 2 is 2.00 bits per heavy atom. The Morgan fingerprint density at radius 1 is 1.27 bits per heavy atom. The summed E-state index contributed by atoms with van der Waals surface area (Å²) in [6, 6.07) is 5.12. The van der Waals surface area contributed by atoms with Gasteiger partial charge in [-0.05, 0) is 18.6 Å². The van der Waals surface area contributed by atoms with Crippen LogP contribution in [-0.2, 0) is 20.1 Å². The van der Waals surface area contributed by atoms with Crippen LogP contribution in [0.3, 0.4) is 0 Å². The van der Waals surface area contributed by atoms with Crippen molar-refractivity contribution in [1.29, 1.82) is 0 Å². The average molecular weight is 370 g/mol. The first-order valence-corrected chi connectivity index (χ1v) is 7.85. The summed E-state index contributed by atoms with van der Waals surface area (Å²) in [5.41, 5.74) is 1.41. The number of nitrogens with one attached hydrogen (secondary N) is 2. The van der Waals surface area contributed by atoms with Crippen LogP contribution in [-0.4, -0.2) is 40.6 Å². The van der Waals surface area contributed by atoms with Gasteiger partial charge in [0.1, 0.15) is 12.1 Å². The second-order valence-corrected chi connectivity index (χ2v) is 5.65. The lowest BCUT2D eigenvalue weighted by Gasteiger charge is -2.16. The van der Waals surface area contributed by atoms with Crippen molar-refractivity contribution in [1.82, 2.24) is 25.4 Å². The van der Waals surface area contributed by atoms with Crippen LogP contribution in [0.15, 0.2) is 29.5 Å². The molecule has 10 heteroatoms. The van der Waals surface area contributed by atoms with E-state index < -0.39 is 12.8 Å². The number of hydrogen-bond acceptors (Lipinski definition) is 4. The molecule has 0 saturated carbocycles. The summed E-state index contributed by atoms with van der Waals surface area (Å²) >= 11 is 0. The number of alkyl halides is 3. The van der Waals surface area contributed by atoms with Gasteiger partial charge in [0.15, 0.2) is 18.4 Å². The maximum atomic E-state index is 12.4. The highest BCUT2D eigenvalue weighted by molar-refractivity contribution is 5.79. The lowest BCUT2D eigenvalue weighted by Crippen LogP contribution is -2.37. The molecule has 1 aromatic carbocycles. The average Bonchev–Trinajstić information content (AvgIpc) is 2.99. The van der Waals surface area contributed by atoms with Crippen LogP contribution in [0, 0.1) is 6.92 Å². The van der Waals surface area contributed by atoms with Gasteiger partial charge in [0.2, 0.25) is 0 Å². The number of aromatic nitrogens is 3. The Morgan fingerprint density at radius 3 is 2.62 bits per heavy atom. The topological polar surface area (TPSA) is 76.4 Å². The van der Waals surface area contributed by atoms with Crippen LogP contribution in [0.2, 0.25) is 0 Å². The molecule has 0 fully saturated rings. The quantitative estimate of drug-likeness (QED) is 0.600. The summed E-state index contributed by atoms with van der Waals surface area (Å²) in [6.07, 6.45) is -2.80. The third-order valence-corrected chi connectivity index (χ3v) is 3.50. The predicted molar refractivity (Wildman–Crippen MR) is 90.8 cm³/mol. The van der Waals surface area contributed by atoms with Gasteiger partial charge in [-0.15, -0.1) is 10.2 Å². The highest BCUT2D eigenvalue weighted by Gasteiger charge is 2.28. The number of hydrogen-bond donors (Lipinski definition) is 2. The zero-order valence-electron chi connectivity index (χ0n) is 14.8. The van der Waals surface area contributed by atoms with Gasteiger partial charge in [0.25, 0.3) is 0 Å². The zero-order valence-corrected chi connectivity index (χ0v) is 14.8. The third-order valence-electron chi connectivity index (χ3n) is 3.50. The Kier molecular flexibility index (Phi) is 6.42. The van der Waals surface area contributed by atoms with E-state index in [0.717, 1.165) is 11.4 Å². The minimum Gasteiger partial charge on any atom is -0.484 e. The van der Waals surface area contributed by atoms with Gasteiger partial charge in [0, 0.05) is 26.2 Å². The normalized spacial score (nSPS) is 12.2. The first-order chi connectivity index (χ1) is 12.3.